The van der Waals surface area contributed by atoms with Crippen molar-refractivity contribution in [3.05, 3.63) is 95.9 Å². The first-order chi connectivity index (χ1) is 16.3. The summed E-state index contributed by atoms with van der Waals surface area (Å²) in [6.45, 7) is 4.48. The first-order valence-electron chi connectivity index (χ1n) is 11.4. The van der Waals surface area contributed by atoms with Crippen molar-refractivity contribution in [1.82, 2.24) is 20.9 Å². The van der Waals surface area contributed by atoms with Crippen LogP contribution in [0.15, 0.2) is 83.4 Å². The molecule has 5 rings (SSSR count). The van der Waals surface area contributed by atoms with Crippen molar-refractivity contribution < 1.29 is 9.36 Å². The lowest BCUT2D eigenvalue weighted by Gasteiger charge is -2.14. The van der Waals surface area contributed by atoms with Crippen LogP contribution in [0.2, 0.25) is 0 Å². The Balaban J connectivity index is 1.13. The number of benzene rings is 3. The zero-order valence-electron chi connectivity index (χ0n) is 18.7. The fourth-order valence-electron chi connectivity index (χ4n) is 4.05. The lowest BCUT2D eigenvalue weighted by atomic mass is 10.0. The van der Waals surface area contributed by atoms with E-state index < -0.39 is 0 Å². The Morgan fingerprint density at radius 1 is 0.970 bits per heavy atom. The van der Waals surface area contributed by atoms with Crippen LogP contribution in [0.25, 0.3) is 22.5 Å². The summed E-state index contributed by atoms with van der Waals surface area (Å²) in [5.41, 5.74) is 8.75. The van der Waals surface area contributed by atoms with Crippen molar-refractivity contribution in [1.29, 1.82) is 0 Å². The summed E-state index contributed by atoms with van der Waals surface area (Å²) in [6.07, 6.45) is 1.04. The topological polar surface area (TPSA) is 72.2 Å². The second kappa shape index (κ2) is 10.1. The number of rotatable bonds is 8. The molecule has 0 amide bonds. The molecule has 2 unspecified atom stereocenters. The van der Waals surface area contributed by atoms with Gasteiger partial charge in [-0.1, -0.05) is 84.0 Å². The maximum absolute atomic E-state index is 5.76. The van der Waals surface area contributed by atoms with Gasteiger partial charge in [0.15, 0.2) is 0 Å². The largest absolute Gasteiger partial charge is 0.339 e. The average molecular weight is 441 g/mol. The Morgan fingerprint density at radius 2 is 1.70 bits per heavy atom. The van der Waals surface area contributed by atoms with E-state index in [0.29, 0.717) is 18.3 Å². The number of nitrogens with zero attached hydrogens (tertiary/aromatic N) is 2. The van der Waals surface area contributed by atoms with Crippen molar-refractivity contribution >= 4 is 0 Å². The summed E-state index contributed by atoms with van der Waals surface area (Å²) in [7, 11) is 0. The molecule has 2 heterocycles. The predicted octanol–water partition coefficient (Wildman–Crippen LogP) is 5.26. The molecule has 1 saturated heterocycles. The van der Waals surface area contributed by atoms with Crippen molar-refractivity contribution in [3.8, 4) is 22.5 Å². The summed E-state index contributed by atoms with van der Waals surface area (Å²) in [4.78, 5) is 10.3. The number of hydroxylamine groups is 1. The summed E-state index contributed by atoms with van der Waals surface area (Å²) in [6, 6.07) is 27.1. The molecule has 0 spiro atoms. The molecule has 6 nitrogen and oxygen atoms in total. The highest BCUT2D eigenvalue weighted by Crippen LogP contribution is 2.25. The van der Waals surface area contributed by atoms with E-state index in [1.54, 1.807) is 0 Å². The predicted molar refractivity (Wildman–Crippen MR) is 128 cm³/mol. The van der Waals surface area contributed by atoms with Crippen LogP contribution in [-0.4, -0.2) is 23.2 Å². The molecule has 0 bridgehead atoms. The van der Waals surface area contributed by atoms with E-state index in [1.165, 1.54) is 11.1 Å². The fraction of sp³-hybridized carbons (Fsp3) is 0.259. The van der Waals surface area contributed by atoms with Crippen molar-refractivity contribution in [2.75, 3.05) is 13.1 Å². The molecular weight excluding hydrogens is 412 g/mol. The number of hydrogen-bond donors (Lipinski definition) is 2. The standard InChI is InChI=1S/C27H28N4O2/c1-19(30-32-18-20-7-9-23(10-8-20)22-5-3-2-4-6-22)21-11-13-24(14-12-21)26-29-27(33-31-26)25-15-16-28-17-25/h2-14,19,25,28,30H,15-18H2,1H3. The molecule has 33 heavy (non-hydrogen) atoms. The third-order valence-corrected chi connectivity index (χ3v) is 6.08. The van der Waals surface area contributed by atoms with Gasteiger partial charge >= 0.3 is 0 Å². The van der Waals surface area contributed by atoms with Gasteiger partial charge in [-0.05, 0) is 42.1 Å². The van der Waals surface area contributed by atoms with Crippen LogP contribution in [0.1, 0.15) is 42.3 Å². The Kier molecular flexibility index (Phi) is 6.58. The molecule has 1 aromatic heterocycles. The zero-order valence-corrected chi connectivity index (χ0v) is 18.7. The second-order valence-corrected chi connectivity index (χ2v) is 8.46. The van der Waals surface area contributed by atoms with Crippen LogP contribution < -0.4 is 10.8 Å². The second-order valence-electron chi connectivity index (χ2n) is 8.46. The molecule has 1 fully saturated rings. The minimum absolute atomic E-state index is 0.0491. The molecule has 0 saturated carbocycles. The molecule has 2 atom stereocenters. The van der Waals surface area contributed by atoms with Gasteiger partial charge in [-0.25, -0.2) is 0 Å². The van der Waals surface area contributed by atoms with Gasteiger partial charge in [-0.15, -0.1) is 0 Å². The van der Waals surface area contributed by atoms with Gasteiger partial charge in [-0.2, -0.15) is 10.5 Å². The minimum Gasteiger partial charge on any atom is -0.339 e. The van der Waals surface area contributed by atoms with E-state index in [0.717, 1.165) is 42.1 Å². The van der Waals surface area contributed by atoms with Crippen molar-refractivity contribution in [2.45, 2.75) is 31.9 Å². The minimum atomic E-state index is 0.0491. The van der Waals surface area contributed by atoms with E-state index >= 15 is 0 Å². The molecule has 0 radical (unpaired) electrons. The van der Waals surface area contributed by atoms with Crippen LogP contribution >= 0.6 is 0 Å². The van der Waals surface area contributed by atoms with Gasteiger partial charge in [0.25, 0.3) is 0 Å². The van der Waals surface area contributed by atoms with Crippen molar-refractivity contribution in [3.63, 3.8) is 0 Å². The highest BCUT2D eigenvalue weighted by atomic mass is 16.6. The quantitative estimate of drug-likeness (QED) is 0.364. The first kappa shape index (κ1) is 21.5. The molecular formula is C27H28N4O2. The zero-order chi connectivity index (χ0) is 22.5. The summed E-state index contributed by atoms with van der Waals surface area (Å²) >= 11 is 0. The molecule has 2 N–H and O–H groups in total. The van der Waals surface area contributed by atoms with Gasteiger partial charge in [0.1, 0.15) is 0 Å². The van der Waals surface area contributed by atoms with E-state index in [9.17, 15) is 0 Å². The lowest BCUT2D eigenvalue weighted by molar-refractivity contribution is 0.00699. The van der Waals surface area contributed by atoms with Crippen molar-refractivity contribution in [2.24, 2.45) is 0 Å². The summed E-state index contributed by atoms with van der Waals surface area (Å²) in [5.74, 6) is 1.68. The van der Waals surface area contributed by atoms with Gasteiger partial charge < -0.3 is 9.84 Å². The average Bonchev–Trinajstić information content (AvgIpc) is 3.58. The Morgan fingerprint density at radius 3 is 2.42 bits per heavy atom. The molecule has 0 aliphatic carbocycles. The smallest absolute Gasteiger partial charge is 0.231 e. The molecule has 6 heteroatoms. The van der Waals surface area contributed by atoms with E-state index in [1.807, 2.05) is 18.2 Å². The van der Waals surface area contributed by atoms with Crippen LogP contribution in [0, 0.1) is 0 Å². The Labute approximate surface area is 194 Å². The maximum Gasteiger partial charge on any atom is 0.231 e. The third-order valence-electron chi connectivity index (χ3n) is 6.08. The molecule has 168 valence electrons. The molecule has 4 aromatic rings. The Bertz CT molecular complexity index is 1150. The Hall–Kier alpha value is -3.32. The molecule has 1 aliphatic rings. The van der Waals surface area contributed by atoms with Gasteiger partial charge in [-0.3, -0.25) is 4.84 Å². The number of hydrogen-bond acceptors (Lipinski definition) is 6. The van der Waals surface area contributed by atoms with Crippen LogP contribution in [0.5, 0.6) is 0 Å². The van der Waals surface area contributed by atoms with Gasteiger partial charge in [0.05, 0.1) is 18.6 Å². The van der Waals surface area contributed by atoms with Gasteiger partial charge in [0, 0.05) is 12.1 Å². The van der Waals surface area contributed by atoms with Crippen LogP contribution in [0.4, 0.5) is 0 Å². The van der Waals surface area contributed by atoms with Crippen LogP contribution in [-0.2, 0) is 11.4 Å². The number of nitrogens with one attached hydrogen (secondary N) is 2. The summed E-state index contributed by atoms with van der Waals surface area (Å²) < 4.78 is 5.47. The highest BCUT2D eigenvalue weighted by molar-refractivity contribution is 5.63. The monoisotopic (exact) mass is 440 g/mol. The SMILES string of the molecule is CC(NOCc1ccc(-c2ccccc2)cc1)c1ccc(-c2noc(C3CCNC3)n2)cc1. The third kappa shape index (κ3) is 5.20. The van der Waals surface area contributed by atoms with Gasteiger partial charge in [0.2, 0.25) is 11.7 Å². The highest BCUT2D eigenvalue weighted by Gasteiger charge is 2.23. The molecule has 1 aliphatic heterocycles. The fourth-order valence-corrected chi connectivity index (χ4v) is 4.05. The van der Waals surface area contributed by atoms with E-state index in [4.69, 9.17) is 9.36 Å². The lowest BCUT2D eigenvalue weighted by Crippen LogP contribution is -2.18. The summed E-state index contributed by atoms with van der Waals surface area (Å²) in [5, 5.41) is 7.49. The first-order valence-corrected chi connectivity index (χ1v) is 11.4. The normalized spacial score (nSPS) is 16.7. The maximum atomic E-state index is 5.76. The molecule has 3 aromatic carbocycles. The van der Waals surface area contributed by atoms with E-state index in [-0.39, 0.29) is 6.04 Å². The van der Waals surface area contributed by atoms with Crippen LogP contribution in [0.3, 0.4) is 0 Å². The number of aromatic nitrogens is 2. The van der Waals surface area contributed by atoms with E-state index in [2.05, 4.69) is 88.5 Å².